The Hall–Kier alpha value is -3.74. The Labute approximate surface area is 191 Å². The number of nitrogens with zero attached hydrogens (tertiary/aromatic N) is 4. The number of fused-ring (bicyclic) bond motifs is 3. The maximum Gasteiger partial charge on any atom is 0.274 e. The van der Waals surface area contributed by atoms with Crippen molar-refractivity contribution < 1.29 is 0 Å². The van der Waals surface area contributed by atoms with Gasteiger partial charge in [-0.2, -0.15) is 5.10 Å². The number of para-hydroxylation sites is 3. The van der Waals surface area contributed by atoms with Gasteiger partial charge in [0.15, 0.2) is 4.96 Å². The van der Waals surface area contributed by atoms with Crippen LogP contribution in [0.3, 0.4) is 0 Å². The Morgan fingerprint density at radius 2 is 1.66 bits per heavy atom. The monoisotopic (exact) mass is 454 g/mol. The van der Waals surface area contributed by atoms with Gasteiger partial charge < -0.3 is 0 Å². The van der Waals surface area contributed by atoms with E-state index in [9.17, 15) is 4.79 Å². The molecule has 7 heteroatoms. The average Bonchev–Trinajstić information content (AvgIpc) is 3.48. The summed E-state index contributed by atoms with van der Waals surface area (Å²) in [4.78, 5) is 18.5. The first-order valence-corrected chi connectivity index (χ1v) is 11.2. The molecule has 0 aliphatic heterocycles. The van der Waals surface area contributed by atoms with E-state index in [2.05, 4.69) is 4.98 Å². The van der Waals surface area contributed by atoms with Gasteiger partial charge in [0, 0.05) is 22.3 Å². The molecule has 0 fully saturated rings. The molecule has 0 spiro atoms. The van der Waals surface area contributed by atoms with Crippen LogP contribution in [0.15, 0.2) is 89.9 Å². The summed E-state index contributed by atoms with van der Waals surface area (Å²) in [5.41, 5.74) is 5.06. The molecular formula is C25H15ClN4OS. The second-order valence-corrected chi connectivity index (χ2v) is 8.80. The van der Waals surface area contributed by atoms with Crippen molar-refractivity contribution in [3.05, 3.63) is 111 Å². The van der Waals surface area contributed by atoms with Crippen molar-refractivity contribution in [2.75, 3.05) is 0 Å². The minimum Gasteiger partial charge on any atom is -0.267 e. The molecule has 0 bridgehead atoms. The van der Waals surface area contributed by atoms with E-state index in [1.54, 1.807) is 4.40 Å². The van der Waals surface area contributed by atoms with Gasteiger partial charge in [-0.3, -0.25) is 4.79 Å². The van der Waals surface area contributed by atoms with Crippen molar-refractivity contribution in [3.8, 4) is 16.9 Å². The molecule has 0 N–H and O–H groups in total. The van der Waals surface area contributed by atoms with Crippen molar-refractivity contribution in [1.29, 1.82) is 0 Å². The zero-order chi connectivity index (χ0) is 21.7. The maximum atomic E-state index is 13.2. The van der Waals surface area contributed by atoms with Crippen LogP contribution in [0.2, 0.25) is 5.02 Å². The van der Waals surface area contributed by atoms with Gasteiger partial charge in [-0.25, -0.2) is 14.1 Å². The van der Waals surface area contributed by atoms with Crippen molar-refractivity contribution in [3.63, 3.8) is 0 Å². The molecule has 3 heterocycles. The van der Waals surface area contributed by atoms with Crippen molar-refractivity contribution in [2.45, 2.75) is 0 Å². The molecule has 6 aromatic rings. The maximum absolute atomic E-state index is 13.2. The summed E-state index contributed by atoms with van der Waals surface area (Å²) in [5, 5.41) is 5.48. The summed E-state index contributed by atoms with van der Waals surface area (Å²) in [6.45, 7) is 0. The zero-order valence-corrected chi connectivity index (χ0v) is 18.2. The normalized spacial score (nSPS) is 12.2. The topological polar surface area (TPSA) is 52.2 Å². The van der Waals surface area contributed by atoms with Crippen LogP contribution in [0.1, 0.15) is 5.56 Å². The van der Waals surface area contributed by atoms with Gasteiger partial charge >= 0.3 is 0 Å². The number of benzene rings is 3. The first-order chi connectivity index (χ1) is 15.7. The van der Waals surface area contributed by atoms with E-state index in [-0.39, 0.29) is 5.56 Å². The van der Waals surface area contributed by atoms with Crippen LogP contribution in [0.25, 0.3) is 39.0 Å². The van der Waals surface area contributed by atoms with Crippen molar-refractivity contribution >= 4 is 45.0 Å². The first kappa shape index (κ1) is 19.0. The molecule has 3 aromatic carbocycles. The standard InChI is InChI=1S/C25H15ClN4OS/c26-18-12-10-16(11-13-18)23-17(15-29(28-23)19-6-2-1-3-7-19)14-22-24(31)30-21-9-5-4-8-20(21)27-25(30)32-22/h1-15H/b22-14+. The summed E-state index contributed by atoms with van der Waals surface area (Å²) in [6.07, 6.45) is 3.84. The van der Waals surface area contributed by atoms with E-state index in [0.717, 1.165) is 33.5 Å². The van der Waals surface area contributed by atoms with E-state index in [4.69, 9.17) is 16.7 Å². The number of hydrogen-bond donors (Lipinski definition) is 0. The Balaban J connectivity index is 1.58. The van der Waals surface area contributed by atoms with Crippen LogP contribution in [-0.2, 0) is 0 Å². The fourth-order valence-corrected chi connectivity index (χ4v) is 4.89. The number of thiazole rings is 1. The molecule has 32 heavy (non-hydrogen) atoms. The van der Waals surface area contributed by atoms with E-state index >= 15 is 0 Å². The Bertz CT molecular complexity index is 1700. The van der Waals surface area contributed by atoms with Crippen LogP contribution in [0.4, 0.5) is 0 Å². The smallest absolute Gasteiger partial charge is 0.267 e. The Kier molecular flexibility index (Phi) is 4.41. The summed E-state index contributed by atoms with van der Waals surface area (Å²) in [7, 11) is 0. The lowest BCUT2D eigenvalue weighted by atomic mass is 10.1. The number of aromatic nitrogens is 4. The third-order valence-electron chi connectivity index (χ3n) is 5.31. The molecule has 0 aliphatic rings. The summed E-state index contributed by atoms with van der Waals surface area (Å²) >= 11 is 7.47. The summed E-state index contributed by atoms with van der Waals surface area (Å²) < 4.78 is 4.12. The quantitative estimate of drug-likeness (QED) is 0.379. The molecule has 0 atom stereocenters. The molecule has 6 rings (SSSR count). The fourth-order valence-electron chi connectivity index (χ4n) is 3.79. The van der Waals surface area contributed by atoms with Crippen LogP contribution in [0.5, 0.6) is 0 Å². The van der Waals surface area contributed by atoms with Crippen LogP contribution >= 0.6 is 22.9 Å². The van der Waals surface area contributed by atoms with Gasteiger partial charge in [-0.15, -0.1) is 0 Å². The molecule has 0 unspecified atom stereocenters. The second-order valence-electron chi connectivity index (χ2n) is 7.35. The average molecular weight is 455 g/mol. The Morgan fingerprint density at radius 1 is 0.906 bits per heavy atom. The SMILES string of the molecule is O=c1/c(=C\c2cn(-c3ccccc3)nc2-c2ccc(Cl)cc2)sc2nc3ccccc3n12. The molecule has 154 valence electrons. The Morgan fingerprint density at radius 3 is 2.47 bits per heavy atom. The lowest BCUT2D eigenvalue weighted by molar-refractivity contribution is 0.884. The number of imidazole rings is 1. The summed E-state index contributed by atoms with van der Waals surface area (Å²) in [6, 6.07) is 25.1. The zero-order valence-electron chi connectivity index (χ0n) is 16.6. The van der Waals surface area contributed by atoms with Crippen molar-refractivity contribution in [1.82, 2.24) is 19.2 Å². The molecule has 0 saturated carbocycles. The predicted octanol–water partition coefficient (Wildman–Crippen LogP) is 4.96. The lowest BCUT2D eigenvalue weighted by Gasteiger charge is -2.00. The lowest BCUT2D eigenvalue weighted by Crippen LogP contribution is -2.22. The molecule has 0 radical (unpaired) electrons. The number of hydrogen-bond acceptors (Lipinski definition) is 4. The molecule has 3 aromatic heterocycles. The minimum atomic E-state index is -0.0757. The van der Waals surface area contributed by atoms with E-state index < -0.39 is 0 Å². The van der Waals surface area contributed by atoms with Crippen LogP contribution in [-0.4, -0.2) is 19.2 Å². The highest BCUT2D eigenvalue weighted by atomic mass is 35.5. The van der Waals surface area contributed by atoms with Gasteiger partial charge in [0.05, 0.1) is 21.3 Å². The second kappa shape index (κ2) is 7.44. The minimum absolute atomic E-state index is 0.0757. The van der Waals surface area contributed by atoms with Gasteiger partial charge in [0.25, 0.3) is 5.56 Å². The molecule has 0 aliphatic carbocycles. The first-order valence-electron chi connectivity index (χ1n) is 10.0. The molecule has 0 saturated heterocycles. The summed E-state index contributed by atoms with van der Waals surface area (Å²) in [5.74, 6) is 0. The van der Waals surface area contributed by atoms with E-state index in [1.165, 1.54) is 11.3 Å². The van der Waals surface area contributed by atoms with Crippen LogP contribution in [0, 0.1) is 0 Å². The van der Waals surface area contributed by atoms with Gasteiger partial charge in [0.2, 0.25) is 0 Å². The van der Waals surface area contributed by atoms with Crippen LogP contribution < -0.4 is 10.1 Å². The van der Waals surface area contributed by atoms with E-state index in [0.29, 0.717) is 14.5 Å². The number of halogens is 1. The molecule has 5 nitrogen and oxygen atoms in total. The van der Waals surface area contributed by atoms with Crippen molar-refractivity contribution in [2.24, 2.45) is 0 Å². The molecular weight excluding hydrogens is 440 g/mol. The predicted molar refractivity (Wildman–Crippen MR) is 130 cm³/mol. The third-order valence-corrected chi connectivity index (χ3v) is 6.53. The highest BCUT2D eigenvalue weighted by molar-refractivity contribution is 7.15. The van der Waals surface area contributed by atoms with Gasteiger partial charge in [-0.1, -0.05) is 65.4 Å². The highest BCUT2D eigenvalue weighted by Gasteiger charge is 2.14. The van der Waals surface area contributed by atoms with Gasteiger partial charge in [-0.05, 0) is 42.5 Å². The van der Waals surface area contributed by atoms with Gasteiger partial charge in [0.1, 0.15) is 5.69 Å². The number of rotatable bonds is 3. The largest absolute Gasteiger partial charge is 0.274 e. The third kappa shape index (κ3) is 3.12. The highest BCUT2D eigenvalue weighted by Crippen LogP contribution is 2.26. The fraction of sp³-hybridized carbons (Fsp3) is 0. The molecule has 0 amide bonds. The van der Waals surface area contributed by atoms with E-state index in [1.807, 2.05) is 95.8 Å².